The van der Waals surface area contributed by atoms with Gasteiger partial charge in [0.15, 0.2) is 0 Å². The fourth-order valence-electron chi connectivity index (χ4n) is 1.24. The van der Waals surface area contributed by atoms with Crippen LogP contribution in [-0.4, -0.2) is 8.07 Å². The molecule has 1 rings (SSSR count). The second kappa shape index (κ2) is 4.91. The van der Waals surface area contributed by atoms with Gasteiger partial charge in [0, 0.05) is 8.07 Å². The first-order chi connectivity index (χ1) is 5.36. The zero-order valence-electron chi connectivity index (χ0n) is 9.86. The maximum Gasteiger partial charge on any atom is 1.00 e. The minimum Gasteiger partial charge on any atom is -0.274 e. The summed E-state index contributed by atoms with van der Waals surface area (Å²) in [4.78, 5) is 0. The molecule has 1 aliphatic rings. The van der Waals surface area contributed by atoms with E-state index in [0.29, 0.717) is 5.04 Å². The zero-order chi connectivity index (χ0) is 9.41. The van der Waals surface area contributed by atoms with E-state index in [2.05, 4.69) is 52.1 Å². The Hall–Kier alpha value is 1.33. The first kappa shape index (κ1) is 14.3. The number of hydrogen-bond acceptors (Lipinski definition) is 0. The topological polar surface area (TPSA) is 0 Å². The summed E-state index contributed by atoms with van der Waals surface area (Å²) in [7, 11) is -1.25. The van der Waals surface area contributed by atoms with E-state index >= 15 is 0 Å². The van der Waals surface area contributed by atoms with E-state index in [1.807, 2.05) is 0 Å². The van der Waals surface area contributed by atoms with Gasteiger partial charge in [-0.15, -0.1) is 6.42 Å². The van der Waals surface area contributed by atoms with Crippen LogP contribution >= 0.6 is 0 Å². The van der Waals surface area contributed by atoms with E-state index in [9.17, 15) is 0 Å². The molecule has 0 amide bonds. The third-order valence-corrected chi connectivity index (χ3v) is 8.68. The average molecular weight is 218 g/mol. The van der Waals surface area contributed by atoms with Gasteiger partial charge in [0.05, 0.1) is 0 Å². The molecule has 0 unspecified atom stereocenters. The van der Waals surface area contributed by atoms with Gasteiger partial charge >= 0.3 is 51.4 Å². The van der Waals surface area contributed by atoms with Crippen LogP contribution in [0.1, 0.15) is 27.2 Å². The monoisotopic (exact) mass is 218 g/mol. The molecule has 0 saturated heterocycles. The van der Waals surface area contributed by atoms with E-state index in [1.54, 1.807) is 0 Å². The van der Waals surface area contributed by atoms with Crippen LogP contribution in [-0.2, 0) is 0 Å². The van der Waals surface area contributed by atoms with Gasteiger partial charge in [-0.1, -0.05) is 33.9 Å². The summed E-state index contributed by atoms with van der Waals surface area (Å²) < 4.78 is 0. The van der Waals surface area contributed by atoms with E-state index in [0.717, 1.165) is 6.42 Å². The van der Waals surface area contributed by atoms with Crippen molar-refractivity contribution in [3.05, 3.63) is 23.4 Å². The van der Waals surface area contributed by atoms with Crippen molar-refractivity contribution in [1.82, 2.24) is 0 Å². The van der Waals surface area contributed by atoms with Gasteiger partial charge in [-0.3, -0.25) is 6.08 Å². The number of allylic oxidation sites excluding steroid dienone is 4. The molecule has 0 aliphatic heterocycles. The SMILES string of the molecule is CC(C)(C)[Si](C)(C)C1=[C-]CC=C1.[K+]. The molecule has 0 radical (unpaired) electrons. The molecule has 0 bridgehead atoms. The molecule has 2 heteroatoms. The predicted octanol–water partition coefficient (Wildman–Crippen LogP) is 0.728. The zero-order valence-corrected chi connectivity index (χ0v) is 14.0. The minimum absolute atomic E-state index is 0. The Labute approximate surface area is 126 Å². The summed E-state index contributed by atoms with van der Waals surface area (Å²) in [5.41, 5.74) is 0. The molecular formula is C11H19KSi. The van der Waals surface area contributed by atoms with Crippen molar-refractivity contribution in [3.63, 3.8) is 0 Å². The molecule has 0 N–H and O–H groups in total. The van der Waals surface area contributed by atoms with Gasteiger partial charge in [0.2, 0.25) is 0 Å². The Bertz CT molecular complexity index is 231. The Balaban J connectivity index is 0.00000144. The molecule has 13 heavy (non-hydrogen) atoms. The largest absolute Gasteiger partial charge is 1.00 e. The standard InChI is InChI=1S/C11H19Si.K/c1-11(2,3)12(4,5)10-8-6-7-9-10;/h6,8H,7H2,1-5H3;/q-1;+1. The van der Waals surface area contributed by atoms with Crippen LogP contribution in [0.4, 0.5) is 0 Å². The quantitative estimate of drug-likeness (QED) is 0.450. The van der Waals surface area contributed by atoms with Crippen molar-refractivity contribution < 1.29 is 51.4 Å². The van der Waals surface area contributed by atoms with Gasteiger partial charge in [0.25, 0.3) is 0 Å². The van der Waals surface area contributed by atoms with Crippen molar-refractivity contribution >= 4 is 8.07 Å². The Morgan fingerprint density at radius 3 is 2.15 bits per heavy atom. The third-order valence-electron chi connectivity index (χ3n) is 3.24. The Kier molecular flexibility index (Phi) is 5.41. The predicted molar refractivity (Wildman–Crippen MR) is 57.7 cm³/mol. The second-order valence-electron chi connectivity index (χ2n) is 5.07. The fraction of sp³-hybridized carbons (Fsp3) is 0.636. The fourth-order valence-corrected chi connectivity index (χ4v) is 3.12. The Morgan fingerprint density at radius 1 is 1.31 bits per heavy atom. The summed E-state index contributed by atoms with van der Waals surface area (Å²) in [6, 6.07) is 0. The van der Waals surface area contributed by atoms with E-state index in [4.69, 9.17) is 0 Å². The molecule has 0 heterocycles. The maximum atomic E-state index is 3.47. The molecule has 0 spiro atoms. The first-order valence-electron chi connectivity index (χ1n) is 4.63. The molecule has 0 nitrogen and oxygen atoms in total. The van der Waals surface area contributed by atoms with Crippen LogP contribution < -0.4 is 51.4 Å². The van der Waals surface area contributed by atoms with Crippen LogP contribution in [0.3, 0.4) is 0 Å². The number of hydrogen-bond donors (Lipinski definition) is 0. The molecule has 68 valence electrons. The minimum atomic E-state index is -1.25. The van der Waals surface area contributed by atoms with Crippen LogP contribution in [0.2, 0.25) is 18.1 Å². The van der Waals surface area contributed by atoms with Crippen LogP contribution in [0.25, 0.3) is 0 Å². The van der Waals surface area contributed by atoms with Crippen molar-refractivity contribution in [3.8, 4) is 0 Å². The van der Waals surface area contributed by atoms with Crippen molar-refractivity contribution in [2.45, 2.75) is 45.3 Å². The summed E-state index contributed by atoms with van der Waals surface area (Å²) in [6.07, 6.45) is 8.99. The van der Waals surface area contributed by atoms with Gasteiger partial charge in [0.1, 0.15) is 0 Å². The van der Waals surface area contributed by atoms with Gasteiger partial charge in [-0.2, -0.15) is 6.08 Å². The van der Waals surface area contributed by atoms with E-state index in [-0.39, 0.29) is 51.4 Å². The molecule has 0 aromatic heterocycles. The Morgan fingerprint density at radius 2 is 1.85 bits per heavy atom. The maximum absolute atomic E-state index is 3.47. The van der Waals surface area contributed by atoms with Gasteiger partial charge in [-0.05, 0) is 5.04 Å². The summed E-state index contributed by atoms with van der Waals surface area (Å²) in [5, 5.41) is 1.96. The molecule has 0 fully saturated rings. The molecular weight excluding hydrogens is 199 g/mol. The van der Waals surface area contributed by atoms with Crippen molar-refractivity contribution in [1.29, 1.82) is 0 Å². The molecule has 0 aromatic carbocycles. The first-order valence-corrected chi connectivity index (χ1v) is 7.63. The van der Waals surface area contributed by atoms with Crippen LogP contribution in [0.5, 0.6) is 0 Å². The van der Waals surface area contributed by atoms with Crippen LogP contribution in [0, 0.1) is 6.08 Å². The van der Waals surface area contributed by atoms with Crippen LogP contribution in [0.15, 0.2) is 17.3 Å². The smallest absolute Gasteiger partial charge is 0.274 e. The third kappa shape index (κ3) is 3.15. The van der Waals surface area contributed by atoms with Gasteiger partial charge < -0.3 is 0 Å². The second-order valence-corrected chi connectivity index (χ2v) is 10.4. The van der Waals surface area contributed by atoms with Gasteiger partial charge in [-0.25, -0.2) is 11.3 Å². The molecule has 1 aliphatic carbocycles. The summed E-state index contributed by atoms with van der Waals surface area (Å²) in [6.45, 7) is 11.9. The van der Waals surface area contributed by atoms with E-state index in [1.165, 1.54) is 5.20 Å². The molecule has 0 atom stereocenters. The van der Waals surface area contributed by atoms with Crippen molar-refractivity contribution in [2.24, 2.45) is 0 Å². The average Bonchev–Trinajstić information content (AvgIpc) is 2.34. The normalized spacial score (nSPS) is 16.8. The summed E-state index contributed by atoms with van der Waals surface area (Å²) in [5.74, 6) is 0. The van der Waals surface area contributed by atoms with E-state index < -0.39 is 8.07 Å². The number of rotatable bonds is 1. The van der Waals surface area contributed by atoms with Crippen molar-refractivity contribution in [2.75, 3.05) is 0 Å². The molecule has 0 saturated carbocycles. The molecule has 0 aromatic rings. The summed E-state index contributed by atoms with van der Waals surface area (Å²) >= 11 is 0.